The maximum atomic E-state index is 6.61. The summed E-state index contributed by atoms with van der Waals surface area (Å²) in [5, 5.41) is 2.46. The molecule has 3 aromatic heterocycles. The van der Waals surface area contributed by atoms with Crippen molar-refractivity contribution in [1.82, 2.24) is 14.5 Å². The number of hydrogen-bond donors (Lipinski definition) is 0. The van der Waals surface area contributed by atoms with Crippen molar-refractivity contribution in [2.75, 3.05) is 0 Å². The van der Waals surface area contributed by atoms with Gasteiger partial charge in [0.25, 0.3) is 6.71 Å². The van der Waals surface area contributed by atoms with E-state index in [-0.39, 0.29) is 6.71 Å². The van der Waals surface area contributed by atoms with Gasteiger partial charge in [-0.15, -0.1) is 0 Å². The molecule has 0 spiro atoms. The van der Waals surface area contributed by atoms with Crippen LogP contribution in [0.15, 0.2) is 72.8 Å². The van der Waals surface area contributed by atoms with Gasteiger partial charge in [0.1, 0.15) is 11.5 Å². The quantitative estimate of drug-likeness (QED) is 0.319. The van der Waals surface area contributed by atoms with E-state index in [0.717, 1.165) is 93.4 Å². The van der Waals surface area contributed by atoms with Crippen LogP contribution in [0.5, 0.6) is 23.3 Å². The van der Waals surface area contributed by atoms with Gasteiger partial charge in [-0.1, -0.05) is 48.5 Å². The molecule has 0 N–H and O–H groups in total. The zero-order valence-corrected chi connectivity index (χ0v) is 20.5. The first-order valence-electron chi connectivity index (χ1n) is 13.4. The van der Waals surface area contributed by atoms with Crippen molar-refractivity contribution in [2.24, 2.45) is 0 Å². The molecule has 178 valence electrons. The lowest BCUT2D eigenvalue weighted by Gasteiger charge is -2.35. The Balaban J connectivity index is 1.27. The van der Waals surface area contributed by atoms with Crippen LogP contribution in [-0.2, 0) is 25.7 Å². The van der Waals surface area contributed by atoms with Gasteiger partial charge in [0, 0.05) is 39.8 Å². The molecule has 0 bridgehead atoms. The number of hydrogen-bond acceptors (Lipinski definition) is 4. The molecule has 0 saturated carbocycles. The van der Waals surface area contributed by atoms with Crippen LogP contribution in [0.25, 0.3) is 27.5 Å². The van der Waals surface area contributed by atoms with Crippen molar-refractivity contribution >= 4 is 44.9 Å². The van der Waals surface area contributed by atoms with E-state index in [1.807, 2.05) is 0 Å². The molecule has 6 heteroatoms. The molecule has 5 heterocycles. The van der Waals surface area contributed by atoms with Gasteiger partial charge < -0.3 is 14.0 Å². The summed E-state index contributed by atoms with van der Waals surface area (Å²) in [6.45, 7) is 0.0106. The first-order chi connectivity index (χ1) is 18.8. The Labute approximate surface area is 218 Å². The molecule has 2 aliphatic carbocycles. The zero-order valence-electron chi connectivity index (χ0n) is 20.5. The first kappa shape index (κ1) is 19.5. The standard InChI is InChI=1S/C32H20BN3O2/c1-3-7-26-20(5-1)21-6-2-4-8-27(21)36(26)19-15-28-30-29(16-19)38-32-23(14-18-10-12-25(18)35-32)33(30)22-13-17-9-11-24(17)34-31(22)37-28/h1-8,13-16H,9-12H2. The third-order valence-corrected chi connectivity index (χ3v) is 8.88. The van der Waals surface area contributed by atoms with Gasteiger partial charge in [-0.25, -0.2) is 9.97 Å². The summed E-state index contributed by atoms with van der Waals surface area (Å²) >= 11 is 0. The lowest BCUT2D eigenvalue weighted by molar-refractivity contribution is 0.441. The number of benzene rings is 3. The molecule has 3 aromatic carbocycles. The summed E-state index contributed by atoms with van der Waals surface area (Å²) in [5.41, 5.74) is 11.7. The second-order valence-electron chi connectivity index (χ2n) is 10.8. The van der Waals surface area contributed by atoms with Gasteiger partial charge in [0.15, 0.2) is 0 Å². The molecule has 0 unspecified atom stereocenters. The van der Waals surface area contributed by atoms with Crippen molar-refractivity contribution in [3.63, 3.8) is 0 Å². The van der Waals surface area contributed by atoms with Gasteiger partial charge in [-0.2, -0.15) is 0 Å². The number of para-hydroxylation sites is 2. The fourth-order valence-corrected chi connectivity index (χ4v) is 6.84. The van der Waals surface area contributed by atoms with E-state index in [0.29, 0.717) is 0 Å². The van der Waals surface area contributed by atoms with Crippen LogP contribution < -0.4 is 25.9 Å². The molecule has 38 heavy (non-hydrogen) atoms. The lowest BCUT2D eigenvalue weighted by atomic mass is 9.35. The minimum atomic E-state index is 0.0106. The van der Waals surface area contributed by atoms with E-state index in [9.17, 15) is 0 Å². The average Bonchev–Trinajstić information content (AvgIpc) is 3.25. The highest BCUT2D eigenvalue weighted by atomic mass is 16.5. The Morgan fingerprint density at radius 1 is 0.632 bits per heavy atom. The maximum absolute atomic E-state index is 6.61. The first-order valence-corrected chi connectivity index (χ1v) is 13.4. The highest BCUT2D eigenvalue weighted by molar-refractivity contribution is 6.98. The fraction of sp³-hybridized carbons (Fsp3) is 0.125. The maximum Gasteiger partial charge on any atom is 0.265 e. The van der Waals surface area contributed by atoms with Crippen LogP contribution in [0.4, 0.5) is 0 Å². The predicted octanol–water partition coefficient (Wildman–Crippen LogP) is 4.50. The number of nitrogens with zero attached hydrogens (tertiary/aromatic N) is 3. The number of fused-ring (bicyclic) bond motifs is 9. The average molecular weight is 489 g/mol. The van der Waals surface area contributed by atoms with Crippen LogP contribution >= 0.6 is 0 Å². The molecule has 2 aliphatic heterocycles. The summed E-state index contributed by atoms with van der Waals surface area (Å²) in [7, 11) is 0. The lowest BCUT2D eigenvalue weighted by Crippen LogP contribution is -2.58. The van der Waals surface area contributed by atoms with E-state index in [1.165, 1.54) is 21.9 Å². The molecule has 0 atom stereocenters. The van der Waals surface area contributed by atoms with E-state index >= 15 is 0 Å². The van der Waals surface area contributed by atoms with Crippen molar-refractivity contribution in [1.29, 1.82) is 0 Å². The normalized spacial score (nSPS) is 15.3. The molecule has 0 amide bonds. The molecule has 0 fully saturated rings. The molecule has 5 nitrogen and oxygen atoms in total. The van der Waals surface area contributed by atoms with Crippen LogP contribution in [0.2, 0.25) is 0 Å². The van der Waals surface area contributed by atoms with Crippen LogP contribution in [0.3, 0.4) is 0 Å². The smallest absolute Gasteiger partial charge is 0.265 e. The largest absolute Gasteiger partial charge is 0.440 e. The summed E-state index contributed by atoms with van der Waals surface area (Å²) in [4.78, 5) is 9.96. The van der Waals surface area contributed by atoms with Gasteiger partial charge in [-0.05, 0) is 59.9 Å². The second-order valence-corrected chi connectivity index (χ2v) is 10.8. The molecule has 0 radical (unpaired) electrons. The molecule has 4 aliphatic rings. The van der Waals surface area contributed by atoms with E-state index in [4.69, 9.17) is 19.4 Å². The van der Waals surface area contributed by atoms with Crippen molar-refractivity contribution < 1.29 is 9.47 Å². The number of rotatable bonds is 1. The molecular formula is C32H20BN3O2. The number of pyridine rings is 2. The van der Waals surface area contributed by atoms with E-state index in [2.05, 4.69) is 77.4 Å². The summed E-state index contributed by atoms with van der Waals surface area (Å²) < 4.78 is 15.5. The minimum Gasteiger partial charge on any atom is -0.440 e. The fourth-order valence-electron chi connectivity index (χ4n) is 6.84. The predicted molar refractivity (Wildman–Crippen MR) is 149 cm³/mol. The highest BCUT2D eigenvalue weighted by Gasteiger charge is 2.43. The minimum absolute atomic E-state index is 0.0106. The third-order valence-electron chi connectivity index (χ3n) is 8.88. The summed E-state index contributed by atoms with van der Waals surface area (Å²) in [6, 6.07) is 26.1. The highest BCUT2D eigenvalue weighted by Crippen LogP contribution is 2.40. The SMILES string of the molecule is c1ccc2c(c1)c1ccccc1n2-c1cc2c3c(c1)Oc1nc4c(cc1B3c1cc3c(nc1O2)CC3)CC4. The Bertz CT molecular complexity index is 1920. The zero-order chi connectivity index (χ0) is 24.5. The van der Waals surface area contributed by atoms with Gasteiger partial charge in [-0.3, -0.25) is 0 Å². The Kier molecular flexibility index (Phi) is 3.41. The topological polar surface area (TPSA) is 49.2 Å². The van der Waals surface area contributed by atoms with Crippen molar-refractivity contribution in [3.8, 4) is 28.9 Å². The Morgan fingerprint density at radius 2 is 1.16 bits per heavy atom. The van der Waals surface area contributed by atoms with Gasteiger partial charge in [0.2, 0.25) is 11.8 Å². The molecule has 10 rings (SSSR count). The van der Waals surface area contributed by atoms with Gasteiger partial charge in [0.05, 0.1) is 16.7 Å². The van der Waals surface area contributed by atoms with E-state index < -0.39 is 0 Å². The van der Waals surface area contributed by atoms with Crippen LogP contribution in [0.1, 0.15) is 22.5 Å². The van der Waals surface area contributed by atoms with Crippen LogP contribution in [0, 0.1) is 0 Å². The summed E-state index contributed by atoms with van der Waals surface area (Å²) in [6.07, 6.45) is 4.21. The Morgan fingerprint density at radius 3 is 1.66 bits per heavy atom. The number of aromatic nitrogens is 3. The van der Waals surface area contributed by atoms with Gasteiger partial charge >= 0.3 is 0 Å². The third kappa shape index (κ3) is 2.34. The Hall–Kier alpha value is -4.58. The molecular weight excluding hydrogens is 469 g/mol. The molecule has 0 saturated heterocycles. The van der Waals surface area contributed by atoms with Crippen molar-refractivity contribution in [2.45, 2.75) is 25.7 Å². The van der Waals surface area contributed by atoms with Crippen LogP contribution in [-0.4, -0.2) is 21.2 Å². The second kappa shape index (κ2) is 6.64. The number of ether oxygens (including phenoxy) is 2. The van der Waals surface area contributed by atoms with Crippen molar-refractivity contribution in [3.05, 3.63) is 95.3 Å². The summed E-state index contributed by atoms with van der Waals surface area (Å²) in [5.74, 6) is 3.08. The number of aryl methyl sites for hydroxylation is 4. The monoisotopic (exact) mass is 489 g/mol. The molecule has 6 aromatic rings. The van der Waals surface area contributed by atoms with E-state index in [1.54, 1.807) is 0 Å².